The third-order valence-electron chi connectivity index (χ3n) is 5.87. The summed E-state index contributed by atoms with van der Waals surface area (Å²) >= 11 is 0. The van der Waals surface area contributed by atoms with Crippen LogP contribution in [0.1, 0.15) is 16.7 Å². The van der Waals surface area contributed by atoms with Crippen molar-refractivity contribution in [1.29, 1.82) is 0 Å². The van der Waals surface area contributed by atoms with E-state index in [9.17, 15) is 14.7 Å². The van der Waals surface area contributed by atoms with Gasteiger partial charge in [-0.1, -0.05) is 42.5 Å². The van der Waals surface area contributed by atoms with Crippen LogP contribution in [0.5, 0.6) is 5.75 Å². The Bertz CT molecular complexity index is 1420. The molecule has 0 fully saturated rings. The smallest absolute Gasteiger partial charge is 0.333 e. The maximum atomic E-state index is 13.4. The van der Waals surface area contributed by atoms with E-state index in [4.69, 9.17) is 9.47 Å². The Balaban J connectivity index is 1.69. The Labute approximate surface area is 202 Å². The fourth-order valence-corrected chi connectivity index (χ4v) is 3.98. The first-order valence-electron chi connectivity index (χ1n) is 11.5. The van der Waals surface area contributed by atoms with Crippen LogP contribution in [0.25, 0.3) is 11.2 Å². The molecule has 0 aliphatic heterocycles. The largest absolute Gasteiger partial charge is 0.491 e. The number of nitrogens with zero attached hydrogens (tertiary/aromatic N) is 4. The molecule has 1 N–H and O–H groups in total. The van der Waals surface area contributed by atoms with Crippen LogP contribution >= 0.6 is 0 Å². The van der Waals surface area contributed by atoms with Crippen LogP contribution in [0.2, 0.25) is 0 Å². The average molecular weight is 479 g/mol. The molecule has 4 aromatic rings. The van der Waals surface area contributed by atoms with Crippen LogP contribution in [-0.2, 0) is 24.4 Å². The van der Waals surface area contributed by atoms with Crippen LogP contribution in [-0.4, -0.2) is 50.2 Å². The molecular formula is C26H30N4O5. The zero-order chi connectivity index (χ0) is 24.9. The number of fused-ring (bicyclic) bond motifs is 1. The van der Waals surface area contributed by atoms with Gasteiger partial charge in [0.1, 0.15) is 18.5 Å². The standard InChI is InChI=1S/C26H30N4O5/c1-18-9-10-19(2)22(13-18)35-16-21(31)15-30-25(32)23-24(27-17-28(23)11-12-34-3)29(26(30)33)14-20-7-5-4-6-8-20/h4-10,13,17,21,31H,11-12,14-16H2,1-3H3. The highest BCUT2D eigenvalue weighted by atomic mass is 16.5. The van der Waals surface area contributed by atoms with E-state index >= 15 is 0 Å². The molecule has 2 aromatic heterocycles. The minimum atomic E-state index is -1.07. The molecule has 1 unspecified atom stereocenters. The summed E-state index contributed by atoms with van der Waals surface area (Å²) in [7, 11) is 1.58. The number of aryl methyl sites for hydroxylation is 2. The number of ether oxygens (including phenoxy) is 2. The predicted molar refractivity (Wildman–Crippen MR) is 133 cm³/mol. The van der Waals surface area contributed by atoms with Crippen molar-refractivity contribution in [2.45, 2.75) is 39.6 Å². The van der Waals surface area contributed by atoms with Gasteiger partial charge in [-0.05, 0) is 36.6 Å². The van der Waals surface area contributed by atoms with Crippen molar-refractivity contribution in [3.8, 4) is 5.75 Å². The summed E-state index contributed by atoms with van der Waals surface area (Å²) in [5, 5.41) is 10.7. The van der Waals surface area contributed by atoms with Gasteiger partial charge in [0.2, 0.25) is 0 Å². The number of aromatic nitrogens is 4. The first kappa shape index (κ1) is 24.4. The lowest BCUT2D eigenvalue weighted by atomic mass is 10.1. The third-order valence-corrected chi connectivity index (χ3v) is 5.87. The van der Waals surface area contributed by atoms with Crippen molar-refractivity contribution < 1.29 is 14.6 Å². The number of hydrogen-bond acceptors (Lipinski definition) is 6. The topological polar surface area (TPSA) is 101 Å². The van der Waals surface area contributed by atoms with E-state index in [1.807, 2.05) is 62.4 Å². The van der Waals surface area contributed by atoms with Gasteiger partial charge in [0.15, 0.2) is 11.2 Å². The Morgan fingerprint density at radius 2 is 1.83 bits per heavy atom. The molecule has 0 aliphatic carbocycles. The molecule has 0 amide bonds. The molecule has 9 heteroatoms. The SMILES string of the molecule is COCCn1cnc2c1c(=O)n(CC(O)COc1cc(C)ccc1C)c(=O)n2Cc1ccccc1. The van der Waals surface area contributed by atoms with E-state index in [1.165, 1.54) is 10.9 Å². The molecule has 1 atom stereocenters. The number of rotatable bonds is 10. The second-order valence-electron chi connectivity index (χ2n) is 8.61. The minimum Gasteiger partial charge on any atom is -0.491 e. The lowest BCUT2D eigenvalue weighted by molar-refractivity contribution is 0.0898. The number of aliphatic hydroxyl groups is 1. The zero-order valence-corrected chi connectivity index (χ0v) is 20.2. The fraction of sp³-hybridized carbons (Fsp3) is 0.346. The summed E-state index contributed by atoms with van der Waals surface area (Å²) in [5.41, 5.74) is 2.43. The Kier molecular flexibility index (Phi) is 7.48. The number of benzene rings is 2. The van der Waals surface area contributed by atoms with Crippen molar-refractivity contribution in [2.24, 2.45) is 0 Å². The zero-order valence-electron chi connectivity index (χ0n) is 20.2. The van der Waals surface area contributed by atoms with Gasteiger partial charge in [-0.15, -0.1) is 0 Å². The molecule has 0 radical (unpaired) electrons. The molecule has 0 saturated heterocycles. The molecule has 184 valence electrons. The minimum absolute atomic E-state index is 0.0597. The van der Waals surface area contributed by atoms with Crippen molar-refractivity contribution in [3.05, 3.63) is 92.4 Å². The summed E-state index contributed by atoms with van der Waals surface area (Å²) in [6, 6.07) is 15.3. The number of aliphatic hydroxyl groups excluding tert-OH is 1. The molecule has 2 aromatic carbocycles. The van der Waals surface area contributed by atoms with Gasteiger partial charge in [0, 0.05) is 13.7 Å². The highest BCUT2D eigenvalue weighted by Gasteiger charge is 2.20. The van der Waals surface area contributed by atoms with E-state index in [0.29, 0.717) is 30.1 Å². The van der Waals surface area contributed by atoms with Gasteiger partial charge in [-0.25, -0.2) is 9.78 Å². The van der Waals surface area contributed by atoms with Crippen LogP contribution in [0.4, 0.5) is 0 Å². The lowest BCUT2D eigenvalue weighted by Gasteiger charge is -2.17. The third kappa shape index (κ3) is 5.36. The summed E-state index contributed by atoms with van der Waals surface area (Å²) in [5.74, 6) is 0.658. The highest BCUT2D eigenvalue weighted by molar-refractivity contribution is 5.70. The molecule has 35 heavy (non-hydrogen) atoms. The summed E-state index contributed by atoms with van der Waals surface area (Å²) in [6.07, 6.45) is 0.467. The molecule has 0 spiro atoms. The van der Waals surface area contributed by atoms with E-state index in [0.717, 1.165) is 21.3 Å². The average Bonchev–Trinajstić information content (AvgIpc) is 3.28. The molecule has 0 aliphatic rings. The van der Waals surface area contributed by atoms with Crippen LogP contribution in [0, 0.1) is 13.8 Å². The van der Waals surface area contributed by atoms with Gasteiger partial charge in [-0.3, -0.25) is 13.9 Å². The molecule has 2 heterocycles. The maximum Gasteiger partial charge on any atom is 0.333 e. The number of hydrogen-bond donors (Lipinski definition) is 1. The van der Waals surface area contributed by atoms with Crippen LogP contribution in [0.15, 0.2) is 64.4 Å². The quantitative estimate of drug-likeness (QED) is 0.375. The second-order valence-corrected chi connectivity index (χ2v) is 8.61. The van der Waals surface area contributed by atoms with Crippen LogP contribution in [0.3, 0.4) is 0 Å². The molecule has 0 saturated carbocycles. The molecule has 9 nitrogen and oxygen atoms in total. The summed E-state index contributed by atoms with van der Waals surface area (Å²) in [4.78, 5) is 31.2. The predicted octanol–water partition coefficient (Wildman–Crippen LogP) is 2.11. The van der Waals surface area contributed by atoms with Crippen molar-refractivity contribution in [2.75, 3.05) is 20.3 Å². The van der Waals surface area contributed by atoms with Gasteiger partial charge in [0.05, 0.1) is 26.0 Å². The number of methoxy groups -OCH3 is 1. The molecular weight excluding hydrogens is 448 g/mol. The molecule has 0 bridgehead atoms. The van der Waals surface area contributed by atoms with Crippen molar-refractivity contribution in [1.82, 2.24) is 18.7 Å². The normalized spacial score (nSPS) is 12.2. The maximum absolute atomic E-state index is 13.4. The van der Waals surface area contributed by atoms with Gasteiger partial charge in [0.25, 0.3) is 5.56 Å². The van der Waals surface area contributed by atoms with Gasteiger partial charge >= 0.3 is 5.69 Å². The first-order chi connectivity index (χ1) is 16.9. The summed E-state index contributed by atoms with van der Waals surface area (Å²) < 4.78 is 15.2. The van der Waals surface area contributed by atoms with Gasteiger partial charge < -0.3 is 19.1 Å². The Morgan fingerprint density at radius 3 is 2.57 bits per heavy atom. The first-order valence-corrected chi connectivity index (χ1v) is 11.5. The van der Waals surface area contributed by atoms with E-state index in [2.05, 4.69) is 4.98 Å². The second kappa shape index (κ2) is 10.7. The Morgan fingerprint density at radius 1 is 1.06 bits per heavy atom. The van der Waals surface area contributed by atoms with Crippen molar-refractivity contribution in [3.63, 3.8) is 0 Å². The summed E-state index contributed by atoms with van der Waals surface area (Å²) in [6.45, 7) is 4.65. The van der Waals surface area contributed by atoms with E-state index in [-0.39, 0.29) is 19.7 Å². The number of imidazole rings is 1. The highest BCUT2D eigenvalue weighted by Crippen LogP contribution is 2.19. The fourth-order valence-electron chi connectivity index (χ4n) is 3.98. The van der Waals surface area contributed by atoms with Crippen molar-refractivity contribution >= 4 is 11.2 Å². The monoisotopic (exact) mass is 478 g/mol. The molecule has 4 rings (SSSR count). The van der Waals surface area contributed by atoms with Crippen LogP contribution < -0.4 is 16.0 Å². The van der Waals surface area contributed by atoms with E-state index < -0.39 is 17.4 Å². The lowest BCUT2D eigenvalue weighted by Crippen LogP contribution is -2.44. The van der Waals surface area contributed by atoms with Gasteiger partial charge in [-0.2, -0.15) is 0 Å². The Hall–Kier alpha value is -3.69. The van der Waals surface area contributed by atoms with E-state index in [1.54, 1.807) is 11.7 Å².